The van der Waals surface area contributed by atoms with Crippen molar-refractivity contribution in [2.24, 2.45) is 0 Å². The summed E-state index contributed by atoms with van der Waals surface area (Å²) in [6, 6.07) is 10.5. The molecule has 1 atom stereocenters. The van der Waals surface area contributed by atoms with Gasteiger partial charge in [0.2, 0.25) is 11.7 Å². The molecule has 1 aromatic carbocycles. The number of aromatic nitrogens is 4. The number of pyridine rings is 1. The molecule has 1 N–H and O–H groups in total. The lowest BCUT2D eigenvalue weighted by molar-refractivity contribution is -0.122. The third-order valence-corrected chi connectivity index (χ3v) is 4.88. The molecule has 1 amide bonds. The second kappa shape index (κ2) is 7.26. The Hall–Kier alpha value is -3.48. The Bertz CT molecular complexity index is 1190. The van der Waals surface area contributed by atoms with Gasteiger partial charge in [-0.3, -0.25) is 14.0 Å². The minimum atomic E-state index is -0.208. The Kier molecular flexibility index (Phi) is 4.65. The highest BCUT2D eigenvalue weighted by atomic mass is 16.2. The van der Waals surface area contributed by atoms with E-state index in [0.717, 1.165) is 16.9 Å². The van der Waals surface area contributed by atoms with E-state index in [9.17, 15) is 9.59 Å². The van der Waals surface area contributed by atoms with Crippen LogP contribution in [0.25, 0.3) is 16.7 Å². The first-order valence-electron chi connectivity index (χ1n) is 9.25. The number of hydrogen-bond acceptors (Lipinski definition) is 4. The number of para-hydroxylation sites is 1. The summed E-state index contributed by atoms with van der Waals surface area (Å²) < 4.78 is 3.70. The third-order valence-electron chi connectivity index (χ3n) is 4.88. The summed E-state index contributed by atoms with van der Waals surface area (Å²) in [4.78, 5) is 33.7. The van der Waals surface area contributed by atoms with E-state index < -0.39 is 0 Å². The van der Waals surface area contributed by atoms with Crippen molar-refractivity contribution >= 4 is 22.6 Å². The molecule has 0 radical (unpaired) electrons. The number of hydrogen-bond donors (Lipinski definition) is 1. The monoisotopic (exact) mass is 375 g/mol. The van der Waals surface area contributed by atoms with Crippen LogP contribution in [0.1, 0.15) is 30.8 Å². The fourth-order valence-electron chi connectivity index (χ4n) is 3.45. The number of fused-ring (bicyclic) bond motifs is 2. The molecule has 0 aliphatic rings. The Morgan fingerprint density at radius 1 is 1.25 bits per heavy atom. The van der Waals surface area contributed by atoms with E-state index in [0.29, 0.717) is 17.6 Å². The van der Waals surface area contributed by atoms with Crippen molar-refractivity contribution in [3.63, 3.8) is 0 Å². The van der Waals surface area contributed by atoms with Crippen LogP contribution in [-0.2, 0) is 11.3 Å². The Balaban J connectivity index is 1.60. The molecule has 0 saturated heterocycles. The van der Waals surface area contributed by atoms with Crippen LogP contribution in [0.2, 0.25) is 0 Å². The normalized spacial score (nSPS) is 12.4. The van der Waals surface area contributed by atoms with Crippen LogP contribution in [0.5, 0.6) is 0 Å². The summed E-state index contributed by atoms with van der Waals surface area (Å²) in [5, 5.41) is 3.67. The topological polar surface area (TPSA) is 81.3 Å². The smallest absolute Gasteiger partial charge is 0.240 e. The van der Waals surface area contributed by atoms with Crippen LogP contribution < -0.4 is 10.7 Å². The summed E-state index contributed by atoms with van der Waals surface area (Å²) in [7, 11) is 0. The van der Waals surface area contributed by atoms with Crippen molar-refractivity contribution in [1.29, 1.82) is 0 Å². The van der Waals surface area contributed by atoms with Crippen LogP contribution in [0.3, 0.4) is 0 Å². The number of aryl methyl sites for hydroxylation is 1. The molecule has 0 aliphatic carbocycles. The average Bonchev–Trinajstić information content (AvgIpc) is 3.13. The maximum Gasteiger partial charge on any atom is 0.240 e. The molecule has 0 fully saturated rings. The molecule has 7 nitrogen and oxygen atoms in total. The average molecular weight is 375 g/mol. The van der Waals surface area contributed by atoms with Gasteiger partial charge in [-0.05, 0) is 31.5 Å². The van der Waals surface area contributed by atoms with Gasteiger partial charge >= 0.3 is 0 Å². The molecule has 4 rings (SSSR count). The van der Waals surface area contributed by atoms with Gasteiger partial charge in [0.15, 0.2) is 5.43 Å². The van der Waals surface area contributed by atoms with Gasteiger partial charge < -0.3 is 9.88 Å². The first-order valence-corrected chi connectivity index (χ1v) is 9.25. The van der Waals surface area contributed by atoms with E-state index >= 15 is 0 Å². The summed E-state index contributed by atoms with van der Waals surface area (Å²) >= 11 is 0. The Morgan fingerprint density at radius 3 is 2.86 bits per heavy atom. The summed E-state index contributed by atoms with van der Waals surface area (Å²) in [5.41, 5.74) is 2.25. The number of benzene rings is 1. The molecule has 3 aromatic heterocycles. The number of amides is 1. The molecule has 0 aliphatic heterocycles. The number of rotatable bonds is 5. The maximum atomic E-state index is 12.8. The van der Waals surface area contributed by atoms with E-state index in [1.165, 1.54) is 0 Å². The van der Waals surface area contributed by atoms with E-state index in [2.05, 4.69) is 15.3 Å². The zero-order chi connectivity index (χ0) is 19.7. The number of nitrogens with zero attached hydrogens (tertiary/aromatic N) is 4. The van der Waals surface area contributed by atoms with Crippen molar-refractivity contribution < 1.29 is 4.79 Å². The third kappa shape index (κ3) is 3.26. The highest BCUT2D eigenvalue weighted by Crippen LogP contribution is 2.17. The Morgan fingerprint density at radius 2 is 2.07 bits per heavy atom. The van der Waals surface area contributed by atoms with Crippen LogP contribution in [0.15, 0.2) is 59.8 Å². The molecule has 7 heteroatoms. The highest BCUT2D eigenvalue weighted by Gasteiger charge is 2.17. The van der Waals surface area contributed by atoms with Crippen LogP contribution >= 0.6 is 0 Å². The van der Waals surface area contributed by atoms with Crippen LogP contribution in [0, 0.1) is 6.92 Å². The van der Waals surface area contributed by atoms with Gasteiger partial charge in [0.05, 0.1) is 17.3 Å². The molecule has 0 spiro atoms. The van der Waals surface area contributed by atoms with Gasteiger partial charge in [-0.1, -0.05) is 19.1 Å². The van der Waals surface area contributed by atoms with E-state index in [4.69, 9.17) is 0 Å². The zero-order valence-electron chi connectivity index (χ0n) is 15.8. The lowest BCUT2D eigenvalue weighted by atomic mass is 10.1. The summed E-state index contributed by atoms with van der Waals surface area (Å²) in [6.45, 7) is 3.98. The van der Waals surface area contributed by atoms with Gasteiger partial charge in [-0.25, -0.2) is 9.97 Å². The highest BCUT2D eigenvalue weighted by molar-refractivity contribution is 5.82. The number of carbonyl (C=O) groups is 1. The Labute approximate surface area is 161 Å². The minimum absolute atomic E-state index is 0.0339. The molecule has 0 unspecified atom stereocenters. The van der Waals surface area contributed by atoms with E-state index in [1.807, 2.05) is 59.5 Å². The largest absolute Gasteiger partial charge is 0.346 e. The van der Waals surface area contributed by atoms with Gasteiger partial charge in [0, 0.05) is 35.7 Å². The van der Waals surface area contributed by atoms with E-state index in [-0.39, 0.29) is 23.9 Å². The first kappa shape index (κ1) is 17.9. The number of nitrogens with one attached hydrogen (secondary N) is 1. The van der Waals surface area contributed by atoms with E-state index in [1.54, 1.807) is 18.3 Å². The predicted octanol–water partition coefficient (Wildman–Crippen LogP) is 2.62. The molecule has 0 bridgehead atoms. The zero-order valence-corrected chi connectivity index (χ0v) is 15.8. The SMILES string of the molecule is CC[C@H](NC(=O)Cn1c(C)cc(=O)c2ccccc21)c1cn2cccnc2n1. The minimum Gasteiger partial charge on any atom is -0.346 e. The maximum absolute atomic E-state index is 12.8. The van der Waals surface area contributed by atoms with Crippen molar-refractivity contribution in [3.8, 4) is 0 Å². The molecular formula is C21H21N5O2. The van der Waals surface area contributed by atoms with Gasteiger partial charge in [-0.15, -0.1) is 0 Å². The second-order valence-electron chi connectivity index (χ2n) is 6.77. The molecule has 4 aromatic rings. The summed E-state index contributed by atoms with van der Waals surface area (Å²) in [5.74, 6) is 0.473. The molecule has 28 heavy (non-hydrogen) atoms. The van der Waals surface area contributed by atoms with Gasteiger partial charge in [0.1, 0.15) is 6.54 Å². The van der Waals surface area contributed by atoms with Gasteiger partial charge in [0.25, 0.3) is 0 Å². The van der Waals surface area contributed by atoms with Crippen molar-refractivity contribution in [2.45, 2.75) is 32.9 Å². The number of imidazole rings is 1. The van der Waals surface area contributed by atoms with Crippen molar-refractivity contribution in [3.05, 3.63) is 76.6 Å². The van der Waals surface area contributed by atoms with Crippen LogP contribution in [0.4, 0.5) is 0 Å². The quantitative estimate of drug-likeness (QED) is 0.581. The molecule has 142 valence electrons. The second-order valence-corrected chi connectivity index (χ2v) is 6.77. The fraction of sp³-hybridized carbons (Fsp3) is 0.238. The van der Waals surface area contributed by atoms with Gasteiger partial charge in [-0.2, -0.15) is 0 Å². The lowest BCUT2D eigenvalue weighted by Gasteiger charge is -2.18. The molecular weight excluding hydrogens is 354 g/mol. The number of carbonyl (C=O) groups excluding carboxylic acids is 1. The molecule has 0 saturated carbocycles. The predicted molar refractivity (Wildman–Crippen MR) is 107 cm³/mol. The van der Waals surface area contributed by atoms with Crippen molar-refractivity contribution in [2.75, 3.05) is 0 Å². The first-order chi connectivity index (χ1) is 13.6. The molecule has 3 heterocycles. The fourth-order valence-corrected chi connectivity index (χ4v) is 3.45. The van der Waals surface area contributed by atoms with Crippen molar-refractivity contribution in [1.82, 2.24) is 24.3 Å². The summed E-state index contributed by atoms with van der Waals surface area (Å²) in [6.07, 6.45) is 6.16. The van der Waals surface area contributed by atoms with Crippen LogP contribution in [-0.4, -0.2) is 24.8 Å². The standard InChI is InChI=1S/C21H21N5O2/c1-3-16(17-12-25-10-6-9-22-21(25)24-17)23-20(28)13-26-14(2)11-19(27)15-7-4-5-8-18(15)26/h4-12,16H,3,13H2,1-2H3,(H,23,28)/t16-/m0/s1. The lowest BCUT2D eigenvalue weighted by Crippen LogP contribution is -2.32.